The average Bonchev–Trinajstić information content (AvgIpc) is 2.31. The van der Waals surface area contributed by atoms with Crippen LogP contribution in [0.3, 0.4) is 0 Å². The predicted molar refractivity (Wildman–Crippen MR) is 64.8 cm³/mol. The molecule has 0 radical (unpaired) electrons. The molecular formula is C12H16N2O3. The van der Waals surface area contributed by atoms with E-state index >= 15 is 0 Å². The molecule has 3 N–H and O–H groups in total. The van der Waals surface area contributed by atoms with E-state index in [4.69, 9.17) is 10.5 Å². The van der Waals surface area contributed by atoms with Gasteiger partial charge in [-0.3, -0.25) is 4.79 Å². The number of hydrogen-bond donors (Lipinski definition) is 2. The number of amides is 1. The molecule has 0 saturated heterocycles. The Labute approximate surface area is 99.9 Å². The lowest BCUT2D eigenvalue weighted by Gasteiger charge is -2.09. The van der Waals surface area contributed by atoms with Crippen molar-refractivity contribution in [2.75, 3.05) is 18.5 Å². The Bertz CT molecular complexity index is 430. The highest BCUT2D eigenvalue weighted by Gasteiger charge is 2.09. The first-order valence-corrected chi connectivity index (χ1v) is 5.36. The minimum atomic E-state index is -0.368. The fourth-order valence-electron chi connectivity index (χ4n) is 1.35. The van der Waals surface area contributed by atoms with Gasteiger partial charge in [-0.2, -0.15) is 0 Å². The molecule has 1 rings (SSSR count). The second-order valence-electron chi connectivity index (χ2n) is 3.50. The van der Waals surface area contributed by atoms with E-state index in [9.17, 15) is 9.59 Å². The maximum atomic E-state index is 11.5. The number of carbonyl (C=O) groups excluding carboxylic acids is 2. The highest BCUT2D eigenvalue weighted by Crippen LogP contribution is 2.17. The Hall–Kier alpha value is -1.88. The number of anilines is 1. The van der Waals surface area contributed by atoms with Gasteiger partial charge in [0.25, 0.3) is 0 Å². The van der Waals surface area contributed by atoms with Gasteiger partial charge < -0.3 is 15.8 Å². The van der Waals surface area contributed by atoms with Crippen molar-refractivity contribution < 1.29 is 14.3 Å². The minimum Gasteiger partial charge on any atom is -0.462 e. The monoisotopic (exact) mass is 236 g/mol. The number of carbonyl (C=O) groups is 2. The third-order valence-electron chi connectivity index (χ3n) is 2.20. The fraction of sp³-hybridized carbons (Fsp3) is 0.333. The average molecular weight is 236 g/mol. The number of rotatable bonds is 4. The minimum absolute atomic E-state index is 0.0704. The van der Waals surface area contributed by atoms with Gasteiger partial charge in [0.2, 0.25) is 5.91 Å². The van der Waals surface area contributed by atoms with E-state index in [1.165, 1.54) is 0 Å². The Balaban J connectivity index is 2.86. The molecule has 0 unspecified atom stereocenters. The molecule has 92 valence electrons. The number of benzene rings is 1. The van der Waals surface area contributed by atoms with Crippen LogP contribution in [0.5, 0.6) is 0 Å². The van der Waals surface area contributed by atoms with Crippen molar-refractivity contribution in [2.45, 2.75) is 13.8 Å². The van der Waals surface area contributed by atoms with Crippen LogP contribution in [0, 0.1) is 6.92 Å². The lowest BCUT2D eigenvalue weighted by Crippen LogP contribution is -2.22. The zero-order valence-electron chi connectivity index (χ0n) is 9.95. The van der Waals surface area contributed by atoms with Crippen LogP contribution in [0.15, 0.2) is 18.2 Å². The lowest BCUT2D eigenvalue weighted by molar-refractivity contribution is -0.114. The van der Waals surface area contributed by atoms with Gasteiger partial charge in [0, 0.05) is 5.69 Å². The number of nitrogens with two attached hydrogens (primary N) is 1. The highest BCUT2D eigenvalue weighted by atomic mass is 16.5. The van der Waals surface area contributed by atoms with E-state index in [0.29, 0.717) is 17.9 Å². The second kappa shape index (κ2) is 6.00. The standard InChI is InChI=1S/C12H16N2O3/c1-3-17-12(16)9-4-5-10(8(2)6-9)14-11(15)7-13/h4-6H,3,7,13H2,1-2H3,(H,14,15). The van der Waals surface area contributed by atoms with E-state index in [0.717, 1.165) is 5.56 Å². The Kier molecular flexibility index (Phi) is 4.66. The maximum absolute atomic E-state index is 11.5. The molecule has 0 saturated carbocycles. The van der Waals surface area contributed by atoms with Gasteiger partial charge in [0.1, 0.15) is 0 Å². The second-order valence-corrected chi connectivity index (χ2v) is 3.50. The molecule has 0 aliphatic rings. The largest absolute Gasteiger partial charge is 0.462 e. The first kappa shape index (κ1) is 13.2. The highest BCUT2D eigenvalue weighted by molar-refractivity contribution is 5.94. The van der Waals surface area contributed by atoms with Crippen molar-refractivity contribution in [1.29, 1.82) is 0 Å². The van der Waals surface area contributed by atoms with Crippen molar-refractivity contribution in [3.8, 4) is 0 Å². The number of nitrogens with one attached hydrogen (secondary N) is 1. The third-order valence-corrected chi connectivity index (χ3v) is 2.20. The molecule has 0 aromatic heterocycles. The van der Waals surface area contributed by atoms with E-state index in [-0.39, 0.29) is 18.4 Å². The molecule has 0 aliphatic carbocycles. The Morgan fingerprint density at radius 3 is 2.65 bits per heavy atom. The first-order chi connectivity index (χ1) is 8.08. The third kappa shape index (κ3) is 3.57. The Morgan fingerprint density at radius 1 is 1.41 bits per heavy atom. The smallest absolute Gasteiger partial charge is 0.338 e. The van der Waals surface area contributed by atoms with Crippen molar-refractivity contribution in [1.82, 2.24) is 0 Å². The summed E-state index contributed by atoms with van der Waals surface area (Å²) < 4.78 is 4.88. The summed E-state index contributed by atoms with van der Waals surface area (Å²) >= 11 is 0. The zero-order valence-corrected chi connectivity index (χ0v) is 9.95. The molecule has 0 aliphatic heterocycles. The van der Waals surface area contributed by atoms with Crippen LogP contribution in [-0.4, -0.2) is 25.0 Å². The number of ether oxygens (including phenoxy) is 1. The van der Waals surface area contributed by atoms with Crippen molar-refractivity contribution in [3.63, 3.8) is 0 Å². The summed E-state index contributed by atoms with van der Waals surface area (Å²) in [5.74, 6) is -0.635. The normalized spacial score (nSPS) is 9.82. The molecule has 1 amide bonds. The van der Waals surface area contributed by atoms with Crippen molar-refractivity contribution in [3.05, 3.63) is 29.3 Å². The molecule has 0 atom stereocenters. The van der Waals surface area contributed by atoms with Gasteiger partial charge in [-0.05, 0) is 37.6 Å². The molecule has 0 spiro atoms. The first-order valence-electron chi connectivity index (χ1n) is 5.36. The quantitative estimate of drug-likeness (QED) is 0.766. The van der Waals surface area contributed by atoms with Gasteiger partial charge in [-0.15, -0.1) is 0 Å². The molecule has 0 fully saturated rings. The lowest BCUT2D eigenvalue weighted by atomic mass is 10.1. The molecule has 0 bridgehead atoms. The van der Waals surface area contributed by atoms with Crippen LogP contribution in [0.1, 0.15) is 22.8 Å². The van der Waals surface area contributed by atoms with E-state index in [2.05, 4.69) is 5.32 Å². The predicted octanol–water partition coefficient (Wildman–Crippen LogP) is 1.07. The molecular weight excluding hydrogens is 220 g/mol. The van der Waals surface area contributed by atoms with Gasteiger partial charge in [-0.25, -0.2) is 4.79 Å². The molecule has 5 nitrogen and oxygen atoms in total. The topological polar surface area (TPSA) is 81.4 Å². The van der Waals surface area contributed by atoms with Crippen molar-refractivity contribution in [2.24, 2.45) is 5.73 Å². The molecule has 17 heavy (non-hydrogen) atoms. The van der Waals surface area contributed by atoms with E-state index < -0.39 is 0 Å². The van der Waals surface area contributed by atoms with Crippen LogP contribution in [0.2, 0.25) is 0 Å². The summed E-state index contributed by atoms with van der Waals surface area (Å²) in [5.41, 5.74) is 7.11. The molecule has 1 aromatic carbocycles. The SMILES string of the molecule is CCOC(=O)c1ccc(NC(=O)CN)c(C)c1. The fourth-order valence-corrected chi connectivity index (χ4v) is 1.35. The van der Waals surface area contributed by atoms with Crippen LogP contribution < -0.4 is 11.1 Å². The molecule has 0 heterocycles. The maximum Gasteiger partial charge on any atom is 0.338 e. The van der Waals surface area contributed by atoms with E-state index in [1.54, 1.807) is 32.0 Å². The number of hydrogen-bond acceptors (Lipinski definition) is 4. The van der Waals surface area contributed by atoms with Crippen LogP contribution in [-0.2, 0) is 9.53 Å². The summed E-state index contributed by atoms with van der Waals surface area (Å²) in [6.07, 6.45) is 0. The summed E-state index contributed by atoms with van der Waals surface area (Å²) in [4.78, 5) is 22.6. The van der Waals surface area contributed by atoms with Crippen LogP contribution >= 0.6 is 0 Å². The number of aryl methyl sites for hydroxylation is 1. The zero-order chi connectivity index (χ0) is 12.8. The number of esters is 1. The summed E-state index contributed by atoms with van der Waals surface area (Å²) in [6.45, 7) is 3.82. The summed E-state index contributed by atoms with van der Waals surface area (Å²) in [7, 11) is 0. The summed E-state index contributed by atoms with van der Waals surface area (Å²) in [5, 5.41) is 2.64. The Morgan fingerprint density at radius 2 is 2.12 bits per heavy atom. The van der Waals surface area contributed by atoms with Crippen LogP contribution in [0.25, 0.3) is 0 Å². The van der Waals surface area contributed by atoms with E-state index in [1.807, 2.05) is 0 Å². The van der Waals surface area contributed by atoms with Gasteiger partial charge in [-0.1, -0.05) is 0 Å². The van der Waals surface area contributed by atoms with Gasteiger partial charge in [0.05, 0.1) is 18.7 Å². The van der Waals surface area contributed by atoms with Crippen molar-refractivity contribution >= 4 is 17.6 Å². The van der Waals surface area contributed by atoms with Gasteiger partial charge >= 0.3 is 5.97 Å². The molecule has 1 aromatic rings. The summed E-state index contributed by atoms with van der Waals surface area (Å²) in [6, 6.07) is 4.94. The van der Waals surface area contributed by atoms with Crippen LogP contribution in [0.4, 0.5) is 5.69 Å². The molecule has 5 heteroatoms. The van der Waals surface area contributed by atoms with Gasteiger partial charge in [0.15, 0.2) is 0 Å².